The molecule has 0 atom stereocenters. The Labute approximate surface area is 286 Å². The van der Waals surface area contributed by atoms with Gasteiger partial charge in [-0.15, -0.1) is 23.5 Å². The van der Waals surface area contributed by atoms with Crippen LogP contribution in [0, 0.1) is 0 Å². The van der Waals surface area contributed by atoms with E-state index in [1.54, 1.807) is 36.4 Å². The maximum atomic E-state index is 12.7. The maximum absolute atomic E-state index is 12.7. The van der Waals surface area contributed by atoms with E-state index in [2.05, 4.69) is 34.9 Å². The van der Waals surface area contributed by atoms with Crippen molar-refractivity contribution < 1.29 is 9.59 Å². The second-order valence-corrected chi connectivity index (χ2v) is 14.3. The molecule has 4 nitrogen and oxygen atoms in total. The Kier molecular flexibility index (Phi) is 11.5. The highest BCUT2D eigenvalue weighted by atomic mass is 35.5. The average Bonchev–Trinajstić information content (AvgIpc) is 3.03. The van der Waals surface area contributed by atoms with Crippen molar-refractivity contribution in [1.29, 1.82) is 0 Å². The van der Waals surface area contributed by atoms with E-state index in [4.69, 9.17) is 46.4 Å². The van der Waals surface area contributed by atoms with Gasteiger partial charge in [-0.2, -0.15) is 0 Å². The van der Waals surface area contributed by atoms with Gasteiger partial charge in [0.15, 0.2) is 0 Å². The second kappa shape index (κ2) is 15.3. The largest absolute Gasteiger partial charge is 0.325 e. The van der Waals surface area contributed by atoms with Gasteiger partial charge in [-0.25, -0.2) is 0 Å². The highest BCUT2D eigenvalue weighted by molar-refractivity contribution is 8.00. The van der Waals surface area contributed by atoms with Gasteiger partial charge >= 0.3 is 0 Å². The molecule has 1 aliphatic carbocycles. The Morgan fingerprint density at radius 2 is 1.00 bits per heavy atom. The minimum atomic E-state index is -0.123. The summed E-state index contributed by atoms with van der Waals surface area (Å²) in [6.07, 6.45) is 5.58. The van der Waals surface area contributed by atoms with E-state index in [1.165, 1.54) is 41.1 Å². The lowest BCUT2D eigenvalue weighted by Gasteiger charge is -2.39. The molecule has 0 saturated heterocycles. The van der Waals surface area contributed by atoms with Crippen LogP contribution >= 0.6 is 69.9 Å². The van der Waals surface area contributed by atoms with Crippen molar-refractivity contribution in [3.8, 4) is 0 Å². The standard InChI is InChI=1S/C34H30Cl4N2O2S2/c35-24-8-14-28(37)30(18-24)43-20-32(41)39-26-10-4-22(5-11-26)34(16-2-1-3-17-34)23-6-12-27(13-7-23)40-33(42)21-44-31-19-25(36)9-15-29(31)38/h4-15,18-19H,1-3,16-17,20-21H2,(H,39,41)(H,40,42). The van der Waals surface area contributed by atoms with Gasteiger partial charge in [0, 0.05) is 36.6 Å². The number of anilines is 2. The molecule has 0 bridgehead atoms. The molecular weight excluding hydrogens is 674 g/mol. The van der Waals surface area contributed by atoms with Crippen LogP contribution in [0.2, 0.25) is 20.1 Å². The minimum absolute atomic E-state index is 0.113. The van der Waals surface area contributed by atoms with Crippen molar-refractivity contribution in [3.63, 3.8) is 0 Å². The van der Waals surface area contributed by atoms with Gasteiger partial charge in [0.2, 0.25) is 11.8 Å². The van der Waals surface area contributed by atoms with Gasteiger partial charge in [0.1, 0.15) is 0 Å². The topological polar surface area (TPSA) is 58.2 Å². The Hall–Kier alpha value is -2.32. The first kappa shape index (κ1) is 33.1. The molecule has 0 spiro atoms. The minimum Gasteiger partial charge on any atom is -0.325 e. The zero-order valence-corrected chi connectivity index (χ0v) is 28.3. The zero-order valence-electron chi connectivity index (χ0n) is 23.7. The van der Waals surface area contributed by atoms with Crippen molar-refractivity contribution in [2.75, 3.05) is 22.1 Å². The van der Waals surface area contributed by atoms with E-state index in [0.717, 1.165) is 46.8 Å². The van der Waals surface area contributed by atoms with Crippen LogP contribution in [0.25, 0.3) is 0 Å². The van der Waals surface area contributed by atoms with E-state index >= 15 is 0 Å². The number of hydrogen-bond acceptors (Lipinski definition) is 4. The molecule has 44 heavy (non-hydrogen) atoms. The van der Waals surface area contributed by atoms with Gasteiger partial charge in [0.25, 0.3) is 0 Å². The fourth-order valence-corrected chi connectivity index (χ4v) is 8.09. The van der Waals surface area contributed by atoms with Gasteiger partial charge < -0.3 is 10.6 Å². The molecule has 1 saturated carbocycles. The van der Waals surface area contributed by atoms with Crippen molar-refractivity contribution in [2.24, 2.45) is 0 Å². The highest BCUT2D eigenvalue weighted by Gasteiger charge is 2.35. The maximum Gasteiger partial charge on any atom is 0.234 e. The van der Waals surface area contributed by atoms with E-state index in [9.17, 15) is 9.59 Å². The summed E-state index contributed by atoms with van der Waals surface area (Å²) in [4.78, 5) is 26.9. The molecule has 5 rings (SSSR count). The highest BCUT2D eigenvalue weighted by Crippen LogP contribution is 2.45. The number of halogens is 4. The molecule has 4 aromatic rings. The summed E-state index contributed by atoms with van der Waals surface area (Å²) in [5.74, 6) is 0.222. The number of hydrogen-bond donors (Lipinski definition) is 2. The third kappa shape index (κ3) is 8.48. The zero-order chi connectivity index (χ0) is 31.1. The summed E-state index contributed by atoms with van der Waals surface area (Å²) in [5, 5.41) is 8.29. The first-order valence-corrected chi connectivity index (χ1v) is 17.7. The smallest absolute Gasteiger partial charge is 0.234 e. The molecule has 2 N–H and O–H groups in total. The number of thioether (sulfide) groups is 2. The third-order valence-corrected chi connectivity index (χ3v) is 11.1. The van der Waals surface area contributed by atoms with Crippen molar-refractivity contribution in [1.82, 2.24) is 0 Å². The molecule has 228 valence electrons. The molecule has 1 aliphatic rings. The van der Waals surface area contributed by atoms with Crippen LogP contribution in [-0.4, -0.2) is 23.3 Å². The number of nitrogens with one attached hydrogen (secondary N) is 2. The monoisotopic (exact) mass is 702 g/mol. The lowest BCUT2D eigenvalue weighted by molar-refractivity contribution is -0.114. The lowest BCUT2D eigenvalue weighted by Crippen LogP contribution is -2.30. The molecule has 0 heterocycles. The first-order chi connectivity index (χ1) is 21.2. The van der Waals surface area contributed by atoms with Crippen molar-refractivity contribution >= 4 is 93.1 Å². The van der Waals surface area contributed by atoms with Crippen molar-refractivity contribution in [3.05, 3.63) is 116 Å². The van der Waals surface area contributed by atoms with E-state index in [-0.39, 0.29) is 28.7 Å². The molecule has 0 unspecified atom stereocenters. The van der Waals surface area contributed by atoms with Crippen LogP contribution in [0.15, 0.2) is 94.7 Å². The van der Waals surface area contributed by atoms with Crippen LogP contribution in [0.1, 0.15) is 43.2 Å². The summed E-state index contributed by atoms with van der Waals surface area (Å²) >= 11 is 27.3. The quantitative estimate of drug-likeness (QED) is 0.161. The second-order valence-electron chi connectivity index (χ2n) is 10.6. The average molecular weight is 705 g/mol. The SMILES string of the molecule is O=C(CSc1cc(Cl)ccc1Cl)Nc1ccc(C2(c3ccc(NC(=O)CSc4cc(Cl)ccc4Cl)cc3)CCCCC2)cc1. The Morgan fingerprint density at radius 3 is 1.41 bits per heavy atom. The Morgan fingerprint density at radius 1 is 0.591 bits per heavy atom. The van der Waals surface area contributed by atoms with Crippen LogP contribution in [0.3, 0.4) is 0 Å². The van der Waals surface area contributed by atoms with Crippen LogP contribution in [0.5, 0.6) is 0 Å². The summed E-state index contributed by atoms with van der Waals surface area (Å²) < 4.78 is 0. The summed E-state index contributed by atoms with van der Waals surface area (Å²) in [6, 6.07) is 26.8. The van der Waals surface area contributed by atoms with Gasteiger partial charge in [0.05, 0.1) is 21.6 Å². The van der Waals surface area contributed by atoms with E-state index in [1.807, 2.05) is 24.3 Å². The van der Waals surface area contributed by atoms with Crippen molar-refractivity contribution in [2.45, 2.75) is 47.3 Å². The normalized spacial score (nSPS) is 14.2. The predicted molar refractivity (Wildman–Crippen MR) is 188 cm³/mol. The number of benzene rings is 4. The number of carbonyl (C=O) groups is 2. The van der Waals surface area contributed by atoms with Crippen LogP contribution in [0.4, 0.5) is 11.4 Å². The predicted octanol–water partition coefficient (Wildman–Crippen LogP) is 11.0. The first-order valence-electron chi connectivity index (χ1n) is 14.2. The van der Waals surface area contributed by atoms with Gasteiger partial charge in [-0.1, -0.05) is 89.9 Å². The molecule has 0 aliphatic heterocycles. The van der Waals surface area contributed by atoms with E-state index < -0.39 is 0 Å². The van der Waals surface area contributed by atoms with Crippen LogP contribution < -0.4 is 10.6 Å². The summed E-state index contributed by atoms with van der Waals surface area (Å²) in [7, 11) is 0. The molecule has 1 fully saturated rings. The lowest BCUT2D eigenvalue weighted by atomic mass is 9.65. The number of carbonyl (C=O) groups excluding carboxylic acids is 2. The van der Waals surface area contributed by atoms with Crippen LogP contribution in [-0.2, 0) is 15.0 Å². The fraction of sp³-hybridized carbons (Fsp3) is 0.235. The molecular formula is C34H30Cl4N2O2S2. The number of rotatable bonds is 10. The van der Waals surface area contributed by atoms with Gasteiger partial charge in [-0.05, 0) is 84.6 Å². The van der Waals surface area contributed by atoms with Gasteiger partial charge in [-0.3, -0.25) is 9.59 Å². The molecule has 0 aromatic heterocycles. The summed E-state index contributed by atoms with van der Waals surface area (Å²) in [6.45, 7) is 0. The summed E-state index contributed by atoms with van der Waals surface area (Å²) in [5.41, 5.74) is 3.82. The fourth-order valence-electron chi connectivity index (χ4n) is 5.50. The Balaban J connectivity index is 1.22. The Bertz CT molecular complexity index is 1510. The molecule has 4 aromatic carbocycles. The van der Waals surface area contributed by atoms with E-state index in [0.29, 0.717) is 20.1 Å². The molecule has 10 heteroatoms. The molecule has 2 amide bonds. The molecule has 0 radical (unpaired) electrons. The number of amides is 2. The third-order valence-electron chi connectivity index (χ3n) is 7.65.